The maximum absolute atomic E-state index is 13.5. The highest BCUT2D eigenvalue weighted by Crippen LogP contribution is 2.33. The lowest BCUT2D eigenvalue weighted by atomic mass is 10.0. The van der Waals surface area contributed by atoms with Gasteiger partial charge in [0.2, 0.25) is 12.7 Å². The minimum Gasteiger partial charge on any atom is -0.459 e. The molecule has 0 spiro atoms. The predicted molar refractivity (Wildman–Crippen MR) is 118 cm³/mol. The molecule has 0 unspecified atom stereocenters. The minimum atomic E-state index is -0.101. The van der Waals surface area contributed by atoms with E-state index < -0.39 is 0 Å². The molecule has 156 valence electrons. The first-order valence-corrected chi connectivity index (χ1v) is 10.4. The summed E-state index contributed by atoms with van der Waals surface area (Å²) in [6, 6.07) is 25.5. The van der Waals surface area contributed by atoms with E-state index in [1.54, 1.807) is 0 Å². The largest absolute Gasteiger partial charge is 0.459 e. The van der Waals surface area contributed by atoms with E-state index >= 15 is 0 Å². The predicted octanol–water partition coefficient (Wildman–Crippen LogP) is 5.49. The first-order valence-electron chi connectivity index (χ1n) is 10.4. The number of rotatable bonds is 6. The number of ether oxygens (including phenoxy) is 2. The van der Waals surface area contributed by atoms with Gasteiger partial charge in [-0.2, -0.15) is 0 Å². The standard InChI is InChI=1S/C26H23NO4/c1-18(20-7-3-2-4-8-20)27(16-22-15-21-9-5-6-10-23(21)31-22)26(28)14-19-11-12-24-25(13-19)30-17-29-24/h2-13,15,18H,14,16-17H2,1H3/t18-/m1/s1. The van der Waals surface area contributed by atoms with Crippen molar-refractivity contribution in [3.05, 3.63) is 95.7 Å². The van der Waals surface area contributed by atoms with Gasteiger partial charge in [0, 0.05) is 5.39 Å². The Bertz CT molecular complexity index is 1180. The highest BCUT2D eigenvalue weighted by Gasteiger charge is 2.24. The Morgan fingerprint density at radius 1 is 0.935 bits per heavy atom. The molecule has 4 aromatic rings. The third kappa shape index (κ3) is 3.99. The molecule has 5 rings (SSSR count). The van der Waals surface area contributed by atoms with Crippen molar-refractivity contribution in [3.8, 4) is 11.5 Å². The van der Waals surface area contributed by atoms with Crippen LogP contribution in [0.4, 0.5) is 0 Å². The molecule has 2 heterocycles. The van der Waals surface area contributed by atoms with Crippen molar-refractivity contribution < 1.29 is 18.7 Å². The van der Waals surface area contributed by atoms with Crippen LogP contribution < -0.4 is 9.47 Å². The first-order chi connectivity index (χ1) is 15.2. The van der Waals surface area contributed by atoms with Crippen LogP contribution in [0, 0.1) is 0 Å². The molecule has 1 aliphatic rings. The second-order valence-corrected chi connectivity index (χ2v) is 7.72. The van der Waals surface area contributed by atoms with E-state index in [2.05, 4.69) is 6.92 Å². The summed E-state index contributed by atoms with van der Waals surface area (Å²) in [5, 5.41) is 1.04. The molecule has 0 radical (unpaired) electrons. The van der Waals surface area contributed by atoms with Gasteiger partial charge in [-0.15, -0.1) is 0 Å². The van der Waals surface area contributed by atoms with Crippen LogP contribution in [-0.4, -0.2) is 17.6 Å². The van der Waals surface area contributed by atoms with Gasteiger partial charge in [0.15, 0.2) is 11.5 Å². The molecule has 1 amide bonds. The number of para-hydroxylation sites is 1. The molecule has 3 aromatic carbocycles. The molecule has 1 aromatic heterocycles. The summed E-state index contributed by atoms with van der Waals surface area (Å²) in [7, 11) is 0. The van der Waals surface area contributed by atoms with Crippen LogP contribution in [-0.2, 0) is 17.8 Å². The van der Waals surface area contributed by atoms with E-state index in [1.807, 2.05) is 83.8 Å². The van der Waals surface area contributed by atoms with E-state index in [0.717, 1.165) is 27.9 Å². The topological polar surface area (TPSA) is 51.9 Å². The summed E-state index contributed by atoms with van der Waals surface area (Å²) < 4.78 is 16.9. The number of benzene rings is 3. The van der Waals surface area contributed by atoms with Gasteiger partial charge in [-0.1, -0.05) is 54.6 Å². The molecule has 0 aliphatic carbocycles. The highest BCUT2D eigenvalue weighted by atomic mass is 16.7. The van der Waals surface area contributed by atoms with Crippen molar-refractivity contribution in [2.75, 3.05) is 6.79 Å². The Hall–Kier alpha value is -3.73. The molecule has 0 fully saturated rings. The third-order valence-corrected chi connectivity index (χ3v) is 5.66. The molecule has 0 N–H and O–H groups in total. The lowest BCUT2D eigenvalue weighted by molar-refractivity contribution is -0.133. The van der Waals surface area contributed by atoms with Crippen LogP contribution in [0.1, 0.15) is 29.9 Å². The monoisotopic (exact) mass is 413 g/mol. The van der Waals surface area contributed by atoms with Crippen molar-refractivity contribution in [3.63, 3.8) is 0 Å². The Morgan fingerprint density at radius 2 is 1.71 bits per heavy atom. The minimum absolute atomic E-state index is 0.0238. The molecule has 1 aliphatic heterocycles. The maximum atomic E-state index is 13.5. The molecular weight excluding hydrogens is 390 g/mol. The lowest BCUT2D eigenvalue weighted by Crippen LogP contribution is -2.34. The molecule has 5 nitrogen and oxygen atoms in total. The molecule has 31 heavy (non-hydrogen) atoms. The SMILES string of the molecule is C[C@H](c1ccccc1)N(Cc1cc2ccccc2o1)C(=O)Cc1ccc2c(c1)OCO2. The Balaban J connectivity index is 1.43. The number of nitrogens with zero attached hydrogens (tertiary/aromatic N) is 1. The lowest BCUT2D eigenvalue weighted by Gasteiger charge is -2.29. The van der Waals surface area contributed by atoms with Crippen molar-refractivity contribution in [2.24, 2.45) is 0 Å². The number of carbonyl (C=O) groups excluding carboxylic acids is 1. The molecule has 5 heteroatoms. The van der Waals surface area contributed by atoms with Gasteiger partial charge >= 0.3 is 0 Å². The van der Waals surface area contributed by atoms with Gasteiger partial charge in [0.25, 0.3) is 0 Å². The van der Waals surface area contributed by atoms with E-state index in [9.17, 15) is 4.79 Å². The summed E-state index contributed by atoms with van der Waals surface area (Å²) >= 11 is 0. The quantitative estimate of drug-likeness (QED) is 0.419. The fraction of sp³-hybridized carbons (Fsp3) is 0.192. The Kier molecular flexibility index (Phi) is 5.08. The number of fused-ring (bicyclic) bond motifs is 2. The van der Waals surface area contributed by atoms with Crippen LogP contribution in [0.25, 0.3) is 11.0 Å². The summed E-state index contributed by atoms with van der Waals surface area (Å²) in [6.07, 6.45) is 0.272. The van der Waals surface area contributed by atoms with Crippen molar-refractivity contribution >= 4 is 16.9 Å². The fourth-order valence-electron chi connectivity index (χ4n) is 3.96. The Morgan fingerprint density at radius 3 is 2.55 bits per heavy atom. The Labute approximate surface area is 180 Å². The van der Waals surface area contributed by atoms with Gasteiger partial charge in [0.1, 0.15) is 11.3 Å². The van der Waals surface area contributed by atoms with E-state index in [0.29, 0.717) is 18.0 Å². The zero-order valence-corrected chi connectivity index (χ0v) is 17.3. The first kappa shape index (κ1) is 19.2. The molecule has 0 saturated carbocycles. The van der Waals surface area contributed by atoms with Crippen LogP contribution in [0.2, 0.25) is 0 Å². The summed E-state index contributed by atoms with van der Waals surface area (Å²) in [6.45, 7) is 2.67. The second-order valence-electron chi connectivity index (χ2n) is 7.72. The highest BCUT2D eigenvalue weighted by molar-refractivity contribution is 5.80. The zero-order chi connectivity index (χ0) is 21.2. The van der Waals surface area contributed by atoms with Crippen molar-refractivity contribution in [1.82, 2.24) is 4.90 Å². The summed E-state index contributed by atoms with van der Waals surface area (Å²) in [5.74, 6) is 2.19. The van der Waals surface area contributed by atoms with Gasteiger partial charge in [-0.05, 0) is 42.3 Å². The van der Waals surface area contributed by atoms with E-state index in [4.69, 9.17) is 13.9 Å². The van der Waals surface area contributed by atoms with E-state index in [-0.39, 0.29) is 25.2 Å². The fourth-order valence-corrected chi connectivity index (χ4v) is 3.96. The van der Waals surface area contributed by atoms with Crippen LogP contribution in [0.15, 0.2) is 83.3 Å². The van der Waals surface area contributed by atoms with Gasteiger partial charge in [-0.25, -0.2) is 0 Å². The average molecular weight is 413 g/mol. The number of hydrogen-bond acceptors (Lipinski definition) is 4. The van der Waals surface area contributed by atoms with Gasteiger partial charge in [0.05, 0.1) is 19.0 Å². The number of hydrogen-bond donors (Lipinski definition) is 0. The number of amides is 1. The second kappa shape index (κ2) is 8.19. The summed E-state index contributed by atoms with van der Waals surface area (Å²) in [4.78, 5) is 15.3. The molecule has 0 bridgehead atoms. The molecular formula is C26H23NO4. The van der Waals surface area contributed by atoms with Crippen LogP contribution in [0.3, 0.4) is 0 Å². The van der Waals surface area contributed by atoms with E-state index in [1.165, 1.54) is 0 Å². The van der Waals surface area contributed by atoms with Crippen molar-refractivity contribution in [1.29, 1.82) is 0 Å². The van der Waals surface area contributed by atoms with Crippen LogP contribution >= 0.6 is 0 Å². The maximum Gasteiger partial charge on any atom is 0.231 e. The van der Waals surface area contributed by atoms with Gasteiger partial charge < -0.3 is 18.8 Å². The van der Waals surface area contributed by atoms with Crippen LogP contribution in [0.5, 0.6) is 11.5 Å². The normalized spacial score (nSPS) is 13.3. The zero-order valence-electron chi connectivity index (χ0n) is 17.3. The molecule has 1 atom stereocenters. The average Bonchev–Trinajstić information content (AvgIpc) is 3.43. The van der Waals surface area contributed by atoms with Gasteiger partial charge in [-0.3, -0.25) is 4.79 Å². The number of furan rings is 1. The van der Waals surface area contributed by atoms with Crippen molar-refractivity contribution in [2.45, 2.75) is 25.9 Å². The molecule has 0 saturated heterocycles. The number of carbonyl (C=O) groups is 1. The smallest absolute Gasteiger partial charge is 0.231 e. The summed E-state index contributed by atoms with van der Waals surface area (Å²) in [5.41, 5.74) is 2.80. The third-order valence-electron chi connectivity index (χ3n) is 5.66.